The molecule has 3 rings (SSSR count). The van der Waals surface area contributed by atoms with Crippen LogP contribution in [0.4, 0.5) is 5.69 Å². The quantitative estimate of drug-likeness (QED) is 0.811. The Hall–Kier alpha value is -2.63. The molecule has 2 aromatic rings. The van der Waals surface area contributed by atoms with Gasteiger partial charge in [0.25, 0.3) is 5.91 Å². The molecule has 1 aromatic carbocycles. The molecular formula is C12H8N2O4. The van der Waals surface area contributed by atoms with Gasteiger partial charge in [-0.15, -0.1) is 0 Å². The lowest BCUT2D eigenvalue weighted by molar-refractivity contribution is 0.0535. The highest BCUT2D eigenvalue weighted by molar-refractivity contribution is 6.03. The standard InChI is InChI=1S/C12H8N2O4/c15-11(10-3-4-13-18-10)14-8-2-1-7-6-17-12(16)9(7)5-8/h1-5H,6H2,(H,14,15). The predicted molar refractivity (Wildman–Crippen MR) is 60.0 cm³/mol. The molecule has 0 saturated carbocycles. The molecule has 0 unspecified atom stereocenters. The van der Waals surface area contributed by atoms with Gasteiger partial charge in [-0.1, -0.05) is 11.2 Å². The maximum atomic E-state index is 11.7. The molecule has 0 fully saturated rings. The number of nitrogens with one attached hydrogen (secondary N) is 1. The number of aromatic nitrogens is 1. The first-order chi connectivity index (χ1) is 8.74. The van der Waals surface area contributed by atoms with E-state index in [1.807, 2.05) is 0 Å². The molecule has 0 atom stereocenters. The van der Waals surface area contributed by atoms with Crippen molar-refractivity contribution in [3.63, 3.8) is 0 Å². The number of ether oxygens (including phenoxy) is 1. The highest BCUT2D eigenvalue weighted by Crippen LogP contribution is 2.23. The maximum Gasteiger partial charge on any atom is 0.338 e. The summed E-state index contributed by atoms with van der Waals surface area (Å²) in [5, 5.41) is 6.06. The Bertz CT molecular complexity index is 619. The van der Waals surface area contributed by atoms with Gasteiger partial charge >= 0.3 is 5.97 Å². The number of esters is 1. The lowest BCUT2D eigenvalue weighted by Gasteiger charge is -2.03. The topological polar surface area (TPSA) is 81.4 Å². The number of carbonyl (C=O) groups excluding carboxylic acids is 2. The Balaban J connectivity index is 1.84. The summed E-state index contributed by atoms with van der Waals surface area (Å²) in [5.74, 6) is -0.683. The van der Waals surface area contributed by atoms with E-state index in [9.17, 15) is 9.59 Å². The van der Waals surface area contributed by atoms with Crippen molar-refractivity contribution < 1.29 is 18.8 Å². The van der Waals surface area contributed by atoms with Crippen LogP contribution in [0.3, 0.4) is 0 Å². The van der Waals surface area contributed by atoms with Gasteiger partial charge in [-0.2, -0.15) is 0 Å². The molecule has 0 bridgehead atoms. The van der Waals surface area contributed by atoms with Crippen molar-refractivity contribution >= 4 is 17.6 Å². The van der Waals surface area contributed by atoms with E-state index in [0.717, 1.165) is 5.56 Å². The molecule has 6 nitrogen and oxygen atoms in total. The van der Waals surface area contributed by atoms with Crippen molar-refractivity contribution in [1.29, 1.82) is 0 Å². The zero-order valence-corrected chi connectivity index (χ0v) is 9.17. The Kier molecular flexibility index (Phi) is 2.33. The Morgan fingerprint density at radius 1 is 1.33 bits per heavy atom. The second kappa shape index (κ2) is 3.99. The second-order valence-electron chi connectivity index (χ2n) is 3.78. The van der Waals surface area contributed by atoms with Crippen molar-refractivity contribution in [2.45, 2.75) is 6.61 Å². The Morgan fingerprint density at radius 2 is 2.22 bits per heavy atom. The maximum absolute atomic E-state index is 11.7. The molecule has 0 radical (unpaired) electrons. The minimum absolute atomic E-state index is 0.109. The molecule has 0 aliphatic carbocycles. The van der Waals surface area contributed by atoms with Gasteiger partial charge in [-0.25, -0.2) is 4.79 Å². The average molecular weight is 244 g/mol. The van der Waals surface area contributed by atoms with Crippen LogP contribution in [0.5, 0.6) is 0 Å². The smallest absolute Gasteiger partial charge is 0.338 e. The number of hydrogen-bond acceptors (Lipinski definition) is 5. The highest BCUT2D eigenvalue weighted by Gasteiger charge is 2.21. The molecule has 0 saturated heterocycles. The molecule has 0 spiro atoms. The van der Waals surface area contributed by atoms with E-state index in [4.69, 9.17) is 9.26 Å². The summed E-state index contributed by atoms with van der Waals surface area (Å²) in [7, 11) is 0. The summed E-state index contributed by atoms with van der Waals surface area (Å²) in [6, 6.07) is 6.49. The lowest BCUT2D eigenvalue weighted by atomic mass is 10.1. The fourth-order valence-electron chi connectivity index (χ4n) is 1.72. The van der Waals surface area contributed by atoms with Gasteiger partial charge in [0.15, 0.2) is 0 Å². The van der Waals surface area contributed by atoms with Crippen molar-refractivity contribution in [2.75, 3.05) is 5.32 Å². The van der Waals surface area contributed by atoms with Crippen LogP contribution in [0.1, 0.15) is 26.5 Å². The molecule has 2 heterocycles. The van der Waals surface area contributed by atoms with Crippen LogP contribution in [0.2, 0.25) is 0 Å². The first kappa shape index (κ1) is 10.5. The third-order valence-electron chi connectivity index (χ3n) is 2.61. The monoisotopic (exact) mass is 244 g/mol. The molecular weight excluding hydrogens is 236 g/mol. The van der Waals surface area contributed by atoms with Crippen molar-refractivity contribution in [2.24, 2.45) is 0 Å². The summed E-state index contributed by atoms with van der Waals surface area (Å²) in [6.07, 6.45) is 1.38. The fraction of sp³-hybridized carbons (Fsp3) is 0.0833. The third-order valence-corrected chi connectivity index (χ3v) is 2.61. The summed E-state index contributed by atoms with van der Waals surface area (Å²) in [5.41, 5.74) is 1.80. The highest BCUT2D eigenvalue weighted by atomic mass is 16.5. The molecule has 1 aliphatic heterocycles. The van der Waals surface area contributed by atoms with Crippen LogP contribution < -0.4 is 5.32 Å². The van der Waals surface area contributed by atoms with Crippen LogP contribution in [0.25, 0.3) is 0 Å². The van der Waals surface area contributed by atoms with Gasteiger partial charge in [0.05, 0.1) is 11.8 Å². The van der Waals surface area contributed by atoms with Gasteiger partial charge < -0.3 is 14.6 Å². The summed E-state index contributed by atoms with van der Waals surface area (Å²) in [4.78, 5) is 23.1. The fourth-order valence-corrected chi connectivity index (χ4v) is 1.72. The van der Waals surface area contributed by atoms with E-state index in [0.29, 0.717) is 11.3 Å². The molecule has 18 heavy (non-hydrogen) atoms. The van der Waals surface area contributed by atoms with Gasteiger partial charge in [0.1, 0.15) is 6.61 Å². The van der Waals surface area contributed by atoms with Crippen LogP contribution in [-0.4, -0.2) is 17.0 Å². The molecule has 1 amide bonds. The number of anilines is 1. The number of benzene rings is 1. The minimum atomic E-state index is -0.418. The summed E-state index contributed by atoms with van der Waals surface area (Å²) >= 11 is 0. The van der Waals surface area contributed by atoms with Crippen molar-refractivity contribution in [3.8, 4) is 0 Å². The second-order valence-corrected chi connectivity index (χ2v) is 3.78. The lowest BCUT2D eigenvalue weighted by Crippen LogP contribution is -2.11. The number of rotatable bonds is 2. The number of fused-ring (bicyclic) bond motifs is 1. The van der Waals surface area contributed by atoms with Crippen LogP contribution in [0.15, 0.2) is 35.0 Å². The molecule has 6 heteroatoms. The van der Waals surface area contributed by atoms with Gasteiger partial charge in [-0.3, -0.25) is 4.79 Å². The molecule has 1 aromatic heterocycles. The number of carbonyl (C=O) groups is 2. The van der Waals surface area contributed by atoms with Gasteiger partial charge in [-0.05, 0) is 12.1 Å². The van der Waals surface area contributed by atoms with Gasteiger partial charge in [0, 0.05) is 17.3 Å². The number of nitrogens with zero attached hydrogens (tertiary/aromatic N) is 1. The van der Waals surface area contributed by atoms with Crippen molar-refractivity contribution in [3.05, 3.63) is 47.3 Å². The number of hydrogen-bond donors (Lipinski definition) is 1. The van der Waals surface area contributed by atoms with E-state index in [-0.39, 0.29) is 18.3 Å². The van der Waals surface area contributed by atoms with Crippen LogP contribution in [-0.2, 0) is 11.3 Å². The van der Waals surface area contributed by atoms with Crippen LogP contribution in [0, 0.1) is 0 Å². The number of cyclic esters (lactones) is 1. The van der Waals surface area contributed by atoms with E-state index >= 15 is 0 Å². The minimum Gasteiger partial charge on any atom is -0.457 e. The molecule has 90 valence electrons. The van der Waals surface area contributed by atoms with Crippen molar-refractivity contribution in [1.82, 2.24) is 5.16 Å². The number of amides is 1. The zero-order chi connectivity index (χ0) is 12.5. The van der Waals surface area contributed by atoms with E-state index in [1.54, 1.807) is 18.2 Å². The largest absolute Gasteiger partial charge is 0.457 e. The van der Waals surface area contributed by atoms with E-state index < -0.39 is 5.91 Å². The van der Waals surface area contributed by atoms with Gasteiger partial charge in [0.2, 0.25) is 5.76 Å². The predicted octanol–water partition coefficient (Wildman–Crippen LogP) is 1.60. The van der Waals surface area contributed by atoms with E-state index in [2.05, 4.69) is 10.5 Å². The molecule has 1 aliphatic rings. The first-order valence-corrected chi connectivity index (χ1v) is 5.26. The Morgan fingerprint density at radius 3 is 3.00 bits per heavy atom. The summed E-state index contributed by atoms with van der Waals surface area (Å²) in [6.45, 7) is 0.282. The summed E-state index contributed by atoms with van der Waals surface area (Å²) < 4.78 is 9.60. The SMILES string of the molecule is O=C(Nc1ccc2c(c1)C(=O)OC2)c1ccno1. The third kappa shape index (κ3) is 1.73. The Labute approximate surface area is 102 Å². The average Bonchev–Trinajstić information content (AvgIpc) is 3.00. The normalized spacial score (nSPS) is 13.0. The molecule has 1 N–H and O–H groups in total. The van der Waals surface area contributed by atoms with E-state index in [1.165, 1.54) is 12.3 Å². The van der Waals surface area contributed by atoms with Crippen LogP contribution >= 0.6 is 0 Å². The first-order valence-electron chi connectivity index (χ1n) is 5.26. The zero-order valence-electron chi connectivity index (χ0n) is 9.17.